The summed E-state index contributed by atoms with van der Waals surface area (Å²) >= 11 is 2.19. The molecule has 2 N–H and O–H groups in total. The average Bonchev–Trinajstić information content (AvgIpc) is 3.11. The highest BCUT2D eigenvalue weighted by molar-refractivity contribution is 14.1. The van der Waals surface area contributed by atoms with E-state index in [-0.39, 0.29) is 12.5 Å². The summed E-state index contributed by atoms with van der Waals surface area (Å²) in [5, 5.41) is 11.7. The Morgan fingerprint density at radius 1 is 1.33 bits per heavy atom. The van der Waals surface area contributed by atoms with Gasteiger partial charge in [0.25, 0.3) is 0 Å². The molecule has 1 aliphatic carbocycles. The van der Waals surface area contributed by atoms with Crippen molar-refractivity contribution in [2.75, 3.05) is 6.54 Å². The van der Waals surface area contributed by atoms with E-state index in [1.165, 1.54) is 0 Å². The summed E-state index contributed by atoms with van der Waals surface area (Å²) < 4.78 is 1.05. The molecule has 0 spiro atoms. The number of nitrogens with one attached hydrogen (secondary N) is 1. The van der Waals surface area contributed by atoms with Crippen LogP contribution in [0.2, 0.25) is 0 Å². The maximum atomic E-state index is 11.8. The van der Waals surface area contributed by atoms with Crippen LogP contribution in [0.4, 0.5) is 0 Å². The largest absolute Gasteiger partial charge is 0.481 e. The van der Waals surface area contributed by atoms with Gasteiger partial charge >= 0.3 is 5.97 Å². The molecule has 1 aromatic rings. The number of carbonyl (C=O) groups excluding carboxylic acids is 1. The summed E-state index contributed by atoms with van der Waals surface area (Å²) in [6.45, 7) is 0.241. The van der Waals surface area contributed by atoms with Crippen LogP contribution in [-0.2, 0) is 16.0 Å². The molecule has 0 radical (unpaired) electrons. The van der Waals surface area contributed by atoms with Crippen molar-refractivity contribution >= 4 is 34.5 Å². The first-order valence-corrected chi connectivity index (χ1v) is 6.85. The van der Waals surface area contributed by atoms with Crippen LogP contribution in [0, 0.1) is 8.99 Å². The summed E-state index contributed by atoms with van der Waals surface area (Å²) in [5.41, 5.74) is 0.273. The van der Waals surface area contributed by atoms with Crippen LogP contribution in [0.15, 0.2) is 24.3 Å². The van der Waals surface area contributed by atoms with Crippen LogP contribution < -0.4 is 5.32 Å². The van der Waals surface area contributed by atoms with E-state index in [4.69, 9.17) is 5.11 Å². The molecule has 0 heterocycles. The summed E-state index contributed by atoms with van der Waals surface area (Å²) in [4.78, 5) is 22.7. The second-order valence-electron chi connectivity index (χ2n) is 4.63. The summed E-state index contributed by atoms with van der Waals surface area (Å²) in [6.07, 6.45) is 1.62. The molecule has 18 heavy (non-hydrogen) atoms. The molecule has 1 saturated carbocycles. The smallest absolute Gasteiger partial charge is 0.311 e. The van der Waals surface area contributed by atoms with E-state index >= 15 is 0 Å². The Balaban J connectivity index is 1.87. The minimum absolute atomic E-state index is 0.119. The Labute approximate surface area is 119 Å². The second-order valence-corrected chi connectivity index (χ2v) is 5.79. The third kappa shape index (κ3) is 3.01. The first kappa shape index (κ1) is 13.3. The number of rotatable bonds is 5. The Morgan fingerprint density at radius 2 is 2.00 bits per heavy atom. The lowest BCUT2D eigenvalue weighted by molar-refractivity contribution is -0.143. The van der Waals surface area contributed by atoms with Gasteiger partial charge in [-0.25, -0.2) is 0 Å². The molecule has 1 aromatic carbocycles. The fraction of sp³-hybridized carbons (Fsp3) is 0.385. The van der Waals surface area contributed by atoms with E-state index in [0.717, 1.165) is 9.13 Å². The van der Waals surface area contributed by atoms with Gasteiger partial charge < -0.3 is 10.4 Å². The van der Waals surface area contributed by atoms with Gasteiger partial charge in [-0.1, -0.05) is 18.2 Å². The van der Waals surface area contributed by atoms with Crippen molar-refractivity contribution in [3.63, 3.8) is 0 Å². The number of amides is 1. The van der Waals surface area contributed by atoms with E-state index in [1.54, 1.807) is 0 Å². The lowest BCUT2D eigenvalue weighted by Crippen LogP contribution is -2.35. The molecule has 4 nitrogen and oxygen atoms in total. The SMILES string of the molecule is O=C(Cc1ccccc1I)NCC1(C(=O)O)CC1. The maximum absolute atomic E-state index is 11.8. The molecule has 0 aromatic heterocycles. The quantitative estimate of drug-likeness (QED) is 0.789. The number of carboxylic acid groups (broad SMARTS) is 1. The zero-order valence-corrected chi connectivity index (χ0v) is 11.9. The van der Waals surface area contributed by atoms with Crippen LogP contribution in [0.25, 0.3) is 0 Å². The van der Waals surface area contributed by atoms with Gasteiger partial charge in [0.1, 0.15) is 0 Å². The highest BCUT2D eigenvalue weighted by Crippen LogP contribution is 2.45. The zero-order valence-electron chi connectivity index (χ0n) is 9.78. The van der Waals surface area contributed by atoms with Crippen molar-refractivity contribution in [2.24, 2.45) is 5.41 Å². The molecular formula is C13H14INO3. The second kappa shape index (κ2) is 5.26. The van der Waals surface area contributed by atoms with E-state index in [9.17, 15) is 9.59 Å². The van der Waals surface area contributed by atoms with Crippen molar-refractivity contribution in [3.05, 3.63) is 33.4 Å². The fourth-order valence-corrected chi connectivity index (χ4v) is 2.34. The molecule has 1 fully saturated rings. The normalized spacial score (nSPS) is 16.1. The number of hydrogen-bond acceptors (Lipinski definition) is 2. The monoisotopic (exact) mass is 359 g/mol. The molecule has 0 atom stereocenters. The molecule has 1 amide bonds. The van der Waals surface area contributed by atoms with Crippen molar-refractivity contribution < 1.29 is 14.7 Å². The van der Waals surface area contributed by atoms with E-state index < -0.39 is 11.4 Å². The van der Waals surface area contributed by atoms with Gasteiger partial charge in [-0.05, 0) is 47.1 Å². The third-order valence-electron chi connectivity index (χ3n) is 3.24. The van der Waals surface area contributed by atoms with Crippen LogP contribution in [0.5, 0.6) is 0 Å². The molecule has 0 unspecified atom stereocenters. The topological polar surface area (TPSA) is 66.4 Å². The number of halogens is 1. The van der Waals surface area contributed by atoms with Gasteiger partial charge in [0, 0.05) is 10.1 Å². The van der Waals surface area contributed by atoms with Gasteiger partial charge in [0.2, 0.25) is 5.91 Å². The predicted octanol–water partition coefficient (Wildman–Crippen LogP) is 1.81. The molecule has 0 bridgehead atoms. The Kier molecular flexibility index (Phi) is 3.89. The summed E-state index contributed by atoms with van der Waals surface area (Å²) in [6, 6.07) is 7.67. The zero-order chi connectivity index (χ0) is 13.2. The Morgan fingerprint density at radius 3 is 2.56 bits per heavy atom. The van der Waals surface area contributed by atoms with Gasteiger partial charge in [0.05, 0.1) is 11.8 Å². The number of benzene rings is 1. The first-order valence-electron chi connectivity index (χ1n) is 5.77. The number of carbonyl (C=O) groups is 2. The van der Waals surface area contributed by atoms with Crippen LogP contribution in [0.3, 0.4) is 0 Å². The van der Waals surface area contributed by atoms with Crippen LogP contribution >= 0.6 is 22.6 Å². The van der Waals surface area contributed by atoms with Crippen LogP contribution in [0.1, 0.15) is 18.4 Å². The average molecular weight is 359 g/mol. The highest BCUT2D eigenvalue weighted by atomic mass is 127. The molecular weight excluding hydrogens is 345 g/mol. The third-order valence-corrected chi connectivity index (χ3v) is 4.29. The minimum Gasteiger partial charge on any atom is -0.481 e. The first-order chi connectivity index (χ1) is 8.53. The summed E-state index contributed by atoms with van der Waals surface area (Å²) in [7, 11) is 0. The number of carboxylic acids is 1. The van der Waals surface area contributed by atoms with E-state index in [2.05, 4.69) is 27.9 Å². The van der Waals surface area contributed by atoms with Gasteiger partial charge in [-0.15, -0.1) is 0 Å². The van der Waals surface area contributed by atoms with Crippen molar-refractivity contribution in [2.45, 2.75) is 19.3 Å². The van der Waals surface area contributed by atoms with Gasteiger partial charge in [0.15, 0.2) is 0 Å². The molecule has 0 aliphatic heterocycles. The fourth-order valence-electron chi connectivity index (χ4n) is 1.76. The predicted molar refractivity (Wildman–Crippen MR) is 75.2 cm³/mol. The Bertz CT molecular complexity index is 483. The summed E-state index contributed by atoms with van der Waals surface area (Å²) in [5.74, 6) is -0.927. The van der Waals surface area contributed by atoms with E-state index in [1.807, 2.05) is 24.3 Å². The van der Waals surface area contributed by atoms with E-state index in [0.29, 0.717) is 19.3 Å². The standard InChI is InChI=1S/C13H14INO3/c14-10-4-2-1-3-9(10)7-11(16)15-8-13(5-6-13)12(17)18/h1-4H,5-8H2,(H,15,16)(H,17,18). The molecule has 2 rings (SSSR count). The Hall–Kier alpha value is -1.11. The molecule has 5 heteroatoms. The van der Waals surface area contributed by atoms with Gasteiger partial charge in [-0.2, -0.15) is 0 Å². The van der Waals surface area contributed by atoms with Crippen LogP contribution in [-0.4, -0.2) is 23.5 Å². The minimum atomic E-state index is -0.808. The van der Waals surface area contributed by atoms with Crippen molar-refractivity contribution in [1.29, 1.82) is 0 Å². The lowest BCUT2D eigenvalue weighted by atomic mass is 10.1. The van der Waals surface area contributed by atoms with Crippen molar-refractivity contribution in [3.8, 4) is 0 Å². The van der Waals surface area contributed by atoms with Crippen molar-refractivity contribution in [1.82, 2.24) is 5.32 Å². The highest BCUT2D eigenvalue weighted by Gasteiger charge is 2.50. The maximum Gasteiger partial charge on any atom is 0.311 e. The van der Waals surface area contributed by atoms with Gasteiger partial charge in [-0.3, -0.25) is 9.59 Å². The number of aliphatic carboxylic acids is 1. The molecule has 96 valence electrons. The lowest BCUT2D eigenvalue weighted by Gasteiger charge is -2.11. The number of hydrogen-bond donors (Lipinski definition) is 2. The molecule has 1 aliphatic rings. The molecule has 0 saturated heterocycles.